The maximum absolute atomic E-state index is 15.0. The van der Waals surface area contributed by atoms with Gasteiger partial charge < -0.3 is 24.6 Å². The zero-order chi connectivity index (χ0) is 43.5. The number of carbonyl (C=O) groups is 4. The number of piperidine rings is 1. The van der Waals surface area contributed by atoms with Crippen LogP contribution < -0.4 is 19.5 Å². The van der Waals surface area contributed by atoms with Gasteiger partial charge in [0.15, 0.2) is 0 Å². The second-order valence-electron chi connectivity index (χ2n) is 17.5. The number of sulfonamides is 1. The molecule has 0 spiro atoms. The first-order chi connectivity index (χ1) is 29.1. The van der Waals surface area contributed by atoms with Crippen LogP contribution in [0.5, 0.6) is 11.5 Å². The first kappa shape index (κ1) is 43.3. The molecule has 2 saturated heterocycles. The number of nitrogens with one attached hydrogen (secondary N) is 2. The molecule has 4 amide bonds. The number of carbonyl (C=O) groups excluding carboxylic acids is 4. The van der Waals surface area contributed by atoms with Crippen LogP contribution in [0.15, 0.2) is 97.6 Å². The second kappa shape index (κ2) is 17.7. The molecule has 2 N–H and O–H groups in total. The number of methoxy groups -OCH3 is 1. The minimum absolute atomic E-state index is 0.0115. The van der Waals surface area contributed by atoms with E-state index in [9.17, 15) is 27.6 Å². The van der Waals surface area contributed by atoms with Gasteiger partial charge in [-0.25, -0.2) is 13.4 Å². The molecule has 1 saturated carbocycles. The molecule has 3 fully saturated rings. The fourth-order valence-electron chi connectivity index (χ4n) is 8.52. The Morgan fingerprint density at radius 2 is 1.66 bits per heavy atom. The lowest BCUT2D eigenvalue weighted by Crippen LogP contribution is -2.57. The molecule has 322 valence electrons. The van der Waals surface area contributed by atoms with E-state index in [1.807, 2.05) is 80.3 Å². The summed E-state index contributed by atoms with van der Waals surface area (Å²) in [6.45, 7) is 10.9. The van der Waals surface area contributed by atoms with Crippen molar-refractivity contribution in [3.05, 3.63) is 103 Å². The van der Waals surface area contributed by atoms with E-state index in [4.69, 9.17) is 14.5 Å². The van der Waals surface area contributed by atoms with Crippen molar-refractivity contribution in [1.29, 1.82) is 0 Å². The molecule has 61 heavy (non-hydrogen) atoms. The number of amides is 4. The summed E-state index contributed by atoms with van der Waals surface area (Å²) in [4.78, 5) is 65.5. The SMILES string of the molecule is C=C[C@@H]1C[C@]1(NC(=O)[C@@H]1C[C@@H](Oc2cc(-c3ccccc3)nc3cc(OC)ccc23)CN1C(=O)[C@@H](CC(=O)N1CCCCC1)C(C)(C)C)C(=O)NS(=O)(=O)Cc1ccccc1. The molecule has 2 aliphatic heterocycles. The quantitative estimate of drug-likeness (QED) is 0.144. The summed E-state index contributed by atoms with van der Waals surface area (Å²) in [5, 5.41) is 3.57. The minimum atomic E-state index is -4.14. The topological polar surface area (TPSA) is 164 Å². The van der Waals surface area contributed by atoms with Gasteiger partial charge in [-0.15, -0.1) is 6.58 Å². The van der Waals surface area contributed by atoms with E-state index >= 15 is 0 Å². The van der Waals surface area contributed by atoms with Gasteiger partial charge in [0.25, 0.3) is 5.91 Å². The van der Waals surface area contributed by atoms with Crippen LogP contribution in [-0.4, -0.2) is 91.3 Å². The number of ether oxygens (including phenoxy) is 2. The van der Waals surface area contributed by atoms with Gasteiger partial charge in [0.05, 0.1) is 36.5 Å². The molecule has 7 rings (SSSR count). The monoisotopic (exact) mass is 849 g/mol. The van der Waals surface area contributed by atoms with Crippen molar-refractivity contribution in [3.63, 3.8) is 0 Å². The Bertz CT molecular complexity index is 2400. The van der Waals surface area contributed by atoms with Crippen LogP contribution in [0.25, 0.3) is 22.2 Å². The van der Waals surface area contributed by atoms with Crippen molar-refractivity contribution in [1.82, 2.24) is 24.8 Å². The maximum atomic E-state index is 15.0. The lowest BCUT2D eigenvalue weighted by Gasteiger charge is -2.36. The first-order valence-electron chi connectivity index (χ1n) is 20.9. The smallest absolute Gasteiger partial charge is 0.259 e. The molecular weight excluding hydrogens is 795 g/mol. The van der Waals surface area contributed by atoms with Gasteiger partial charge in [0.1, 0.15) is 29.2 Å². The number of fused-ring (bicyclic) bond motifs is 1. The molecule has 14 heteroatoms. The molecule has 0 unspecified atom stereocenters. The Morgan fingerprint density at radius 3 is 2.30 bits per heavy atom. The van der Waals surface area contributed by atoms with Gasteiger partial charge >= 0.3 is 0 Å². The largest absolute Gasteiger partial charge is 0.497 e. The average Bonchev–Trinajstić information content (AvgIpc) is 3.81. The Morgan fingerprint density at radius 1 is 0.967 bits per heavy atom. The van der Waals surface area contributed by atoms with Crippen LogP contribution in [0.3, 0.4) is 0 Å². The average molecular weight is 850 g/mol. The van der Waals surface area contributed by atoms with Gasteiger partial charge in [-0.1, -0.05) is 87.5 Å². The lowest BCUT2D eigenvalue weighted by molar-refractivity contribution is -0.148. The predicted molar refractivity (Wildman–Crippen MR) is 233 cm³/mol. The fourth-order valence-corrected chi connectivity index (χ4v) is 9.69. The number of pyridine rings is 1. The van der Waals surface area contributed by atoms with Crippen LogP contribution in [0.4, 0.5) is 0 Å². The Hall–Kier alpha value is -5.76. The molecule has 5 atom stereocenters. The summed E-state index contributed by atoms with van der Waals surface area (Å²) >= 11 is 0. The van der Waals surface area contributed by atoms with E-state index in [2.05, 4.69) is 16.6 Å². The zero-order valence-corrected chi connectivity index (χ0v) is 36.1. The molecule has 13 nitrogen and oxygen atoms in total. The van der Waals surface area contributed by atoms with Gasteiger partial charge in [-0.2, -0.15) is 0 Å². The standard InChI is InChI=1S/C47H55N5O8S/c1-6-33-28-47(33,45(56)50-61(57,58)30-31-16-10-7-11-17-31)49-43(54)40-25-35(29-52(40)44(55)37(46(2,3)4)26-42(53)51-22-14-9-15-23-51)60-41-27-38(32-18-12-8-13-19-32)48-39-24-34(59-5)20-21-36(39)41/h6-8,10-13,16-21,24,27,33,35,37,40H,1,9,14-15,22-23,25-26,28-30H2,2-5H3,(H,49,54)(H,50,56)/t33-,35-,37-,40+,47-/m1/s1. The Labute approximate surface area is 357 Å². The third-order valence-corrected chi connectivity index (χ3v) is 13.3. The molecule has 1 aromatic heterocycles. The van der Waals surface area contributed by atoms with Gasteiger partial charge in [-0.3, -0.25) is 23.9 Å². The van der Waals surface area contributed by atoms with E-state index < -0.39 is 62.5 Å². The molecule has 3 aliphatic rings. The highest BCUT2D eigenvalue weighted by molar-refractivity contribution is 7.89. The summed E-state index contributed by atoms with van der Waals surface area (Å²) < 4.78 is 40.9. The van der Waals surface area contributed by atoms with Crippen molar-refractivity contribution < 1.29 is 37.1 Å². The van der Waals surface area contributed by atoms with Crippen molar-refractivity contribution in [2.45, 2.75) is 82.7 Å². The van der Waals surface area contributed by atoms with Crippen molar-refractivity contribution in [3.8, 4) is 22.8 Å². The number of aromatic nitrogens is 1. The zero-order valence-electron chi connectivity index (χ0n) is 35.3. The second-order valence-corrected chi connectivity index (χ2v) is 19.2. The third-order valence-electron chi connectivity index (χ3n) is 12.1. The van der Waals surface area contributed by atoms with E-state index in [0.717, 1.165) is 24.8 Å². The number of nitrogens with zero attached hydrogens (tertiary/aromatic N) is 3. The molecule has 0 radical (unpaired) electrons. The summed E-state index contributed by atoms with van der Waals surface area (Å²) in [5.41, 5.74) is 0.368. The minimum Gasteiger partial charge on any atom is -0.497 e. The van der Waals surface area contributed by atoms with E-state index in [1.165, 1.54) is 11.0 Å². The summed E-state index contributed by atoms with van der Waals surface area (Å²) in [6, 6.07) is 24.3. The Balaban J connectivity index is 1.20. The van der Waals surface area contributed by atoms with Crippen LogP contribution in [-0.2, 0) is 35.0 Å². The van der Waals surface area contributed by atoms with Crippen LogP contribution in [0.2, 0.25) is 0 Å². The van der Waals surface area contributed by atoms with E-state index in [0.29, 0.717) is 46.7 Å². The number of benzene rings is 3. The highest BCUT2D eigenvalue weighted by atomic mass is 32.2. The number of hydrogen-bond acceptors (Lipinski definition) is 9. The molecular formula is C47H55N5O8S. The predicted octanol–water partition coefficient (Wildman–Crippen LogP) is 6.03. The summed E-state index contributed by atoms with van der Waals surface area (Å²) in [5.74, 6) is -2.66. The summed E-state index contributed by atoms with van der Waals surface area (Å²) in [7, 11) is -2.56. The van der Waals surface area contributed by atoms with Crippen LogP contribution in [0.1, 0.15) is 64.9 Å². The van der Waals surface area contributed by atoms with Crippen molar-refractivity contribution in [2.75, 3.05) is 26.7 Å². The van der Waals surface area contributed by atoms with E-state index in [1.54, 1.807) is 37.4 Å². The molecule has 0 bridgehead atoms. The van der Waals surface area contributed by atoms with E-state index in [-0.39, 0.29) is 37.6 Å². The Kier molecular flexibility index (Phi) is 12.6. The summed E-state index contributed by atoms with van der Waals surface area (Å²) in [6.07, 6.45) is 3.84. The number of likely N-dealkylation sites (tertiary alicyclic amines) is 2. The fraction of sp³-hybridized carbons (Fsp3) is 0.426. The van der Waals surface area contributed by atoms with Crippen LogP contribution in [0, 0.1) is 17.3 Å². The van der Waals surface area contributed by atoms with Crippen molar-refractivity contribution >= 4 is 44.6 Å². The van der Waals surface area contributed by atoms with Crippen molar-refractivity contribution in [2.24, 2.45) is 17.3 Å². The molecule has 3 heterocycles. The molecule has 3 aromatic carbocycles. The normalized spacial score (nSPS) is 21.9. The maximum Gasteiger partial charge on any atom is 0.259 e. The molecule has 4 aromatic rings. The highest BCUT2D eigenvalue weighted by Gasteiger charge is 2.61. The first-order valence-corrected chi connectivity index (χ1v) is 22.6. The highest BCUT2D eigenvalue weighted by Crippen LogP contribution is 2.45. The van der Waals surface area contributed by atoms with Gasteiger partial charge in [0, 0.05) is 54.9 Å². The number of hydrogen-bond donors (Lipinski definition) is 2. The third kappa shape index (κ3) is 9.75. The van der Waals surface area contributed by atoms with Gasteiger partial charge in [-0.05, 0) is 48.8 Å². The van der Waals surface area contributed by atoms with Crippen LogP contribution >= 0.6 is 0 Å². The number of rotatable bonds is 14. The molecule has 1 aliphatic carbocycles. The lowest BCUT2D eigenvalue weighted by atomic mass is 9.77. The van der Waals surface area contributed by atoms with Gasteiger partial charge in [0.2, 0.25) is 27.7 Å².